The van der Waals surface area contributed by atoms with Gasteiger partial charge in [-0.1, -0.05) is 12.1 Å². The quantitative estimate of drug-likeness (QED) is 0.642. The van der Waals surface area contributed by atoms with Crippen molar-refractivity contribution < 1.29 is 19.1 Å². The molecule has 2 aromatic rings. The molecule has 33 heavy (non-hydrogen) atoms. The molecule has 2 heterocycles. The number of ether oxygens (including phenoxy) is 2. The summed E-state index contributed by atoms with van der Waals surface area (Å²) in [6, 6.07) is 13.4. The fraction of sp³-hybridized carbons (Fsp3) is 0.417. The highest BCUT2D eigenvalue weighted by atomic mass is 16.7. The zero-order chi connectivity index (χ0) is 23.4. The van der Waals surface area contributed by atoms with Gasteiger partial charge in [-0.2, -0.15) is 0 Å². The lowest BCUT2D eigenvalue weighted by molar-refractivity contribution is -0.136. The van der Waals surface area contributed by atoms with Crippen LogP contribution in [0, 0.1) is 0 Å². The van der Waals surface area contributed by atoms with E-state index in [4.69, 9.17) is 9.47 Å². The number of amides is 2. The lowest BCUT2D eigenvalue weighted by Gasteiger charge is -2.38. The zero-order valence-corrected chi connectivity index (χ0v) is 19.3. The van der Waals surface area contributed by atoms with E-state index in [1.54, 1.807) is 18.2 Å². The normalized spacial score (nSPS) is 16.8. The molecule has 0 spiro atoms. The van der Waals surface area contributed by atoms with Crippen molar-refractivity contribution in [3.05, 3.63) is 48.0 Å². The van der Waals surface area contributed by atoms with Crippen molar-refractivity contribution in [1.82, 2.24) is 15.1 Å². The zero-order valence-electron chi connectivity index (χ0n) is 19.3. The highest BCUT2D eigenvalue weighted by molar-refractivity contribution is 6.39. The molecule has 2 N–H and O–H groups in total. The Balaban J connectivity index is 1.40. The Kier molecular flexibility index (Phi) is 7.00. The average Bonchev–Trinajstić information content (AvgIpc) is 3.28. The van der Waals surface area contributed by atoms with Crippen LogP contribution in [0.5, 0.6) is 11.5 Å². The minimum Gasteiger partial charge on any atom is -0.454 e. The van der Waals surface area contributed by atoms with Crippen molar-refractivity contribution in [3.8, 4) is 11.5 Å². The Morgan fingerprint density at radius 1 is 0.970 bits per heavy atom. The summed E-state index contributed by atoms with van der Waals surface area (Å²) in [5.74, 6) is -0.220. The van der Waals surface area contributed by atoms with Gasteiger partial charge < -0.3 is 29.9 Å². The number of rotatable bonds is 6. The van der Waals surface area contributed by atoms with Gasteiger partial charge in [0.2, 0.25) is 6.79 Å². The summed E-state index contributed by atoms with van der Waals surface area (Å²) in [7, 11) is 6.12. The predicted molar refractivity (Wildman–Crippen MR) is 127 cm³/mol. The van der Waals surface area contributed by atoms with Gasteiger partial charge in [0.05, 0.1) is 6.04 Å². The molecule has 1 fully saturated rings. The summed E-state index contributed by atoms with van der Waals surface area (Å²) in [6.07, 6.45) is 0. The van der Waals surface area contributed by atoms with Crippen molar-refractivity contribution in [1.29, 1.82) is 0 Å². The van der Waals surface area contributed by atoms with E-state index in [0.29, 0.717) is 23.7 Å². The molecule has 0 aliphatic carbocycles. The minimum absolute atomic E-state index is 0.0165. The van der Waals surface area contributed by atoms with E-state index in [1.807, 2.05) is 14.1 Å². The van der Waals surface area contributed by atoms with Crippen molar-refractivity contribution >= 4 is 23.2 Å². The Labute approximate surface area is 194 Å². The van der Waals surface area contributed by atoms with Crippen molar-refractivity contribution in [2.45, 2.75) is 6.04 Å². The minimum atomic E-state index is -0.714. The molecule has 1 saturated heterocycles. The van der Waals surface area contributed by atoms with Crippen LogP contribution in [0.15, 0.2) is 42.5 Å². The van der Waals surface area contributed by atoms with E-state index < -0.39 is 11.8 Å². The second kappa shape index (κ2) is 10.1. The Morgan fingerprint density at radius 2 is 1.67 bits per heavy atom. The maximum Gasteiger partial charge on any atom is 0.313 e. The number of likely N-dealkylation sites (N-methyl/N-ethyl adjacent to an activating group) is 1. The molecule has 4 rings (SSSR count). The van der Waals surface area contributed by atoms with Gasteiger partial charge in [0.15, 0.2) is 11.5 Å². The molecule has 0 aromatic heterocycles. The summed E-state index contributed by atoms with van der Waals surface area (Å²) in [5, 5.41) is 5.45. The first-order valence-electron chi connectivity index (χ1n) is 11.1. The maximum atomic E-state index is 12.6. The van der Waals surface area contributed by atoms with Gasteiger partial charge in [-0.25, -0.2) is 0 Å². The first-order chi connectivity index (χ1) is 15.9. The molecule has 176 valence electrons. The van der Waals surface area contributed by atoms with Crippen LogP contribution in [-0.2, 0) is 9.59 Å². The third-order valence-electron chi connectivity index (χ3n) is 6.07. The third kappa shape index (κ3) is 5.55. The second-order valence-corrected chi connectivity index (χ2v) is 8.57. The number of benzene rings is 2. The Bertz CT molecular complexity index is 987. The van der Waals surface area contributed by atoms with E-state index >= 15 is 0 Å². The second-order valence-electron chi connectivity index (χ2n) is 8.57. The number of hydrogen-bond acceptors (Lipinski definition) is 7. The number of nitrogens with zero attached hydrogens (tertiary/aromatic N) is 3. The largest absolute Gasteiger partial charge is 0.454 e. The van der Waals surface area contributed by atoms with Crippen LogP contribution in [0.3, 0.4) is 0 Å². The standard InChI is InChI=1S/C24H31N5O4/c1-27(2)19-7-4-17(5-8-19)20(29-12-10-28(3)11-13-29)15-25-23(30)24(31)26-18-6-9-21-22(14-18)33-16-32-21/h4-9,14,20H,10-13,15-16H2,1-3H3,(H,25,30)(H,26,31)/t20-/m0/s1. The molecule has 0 saturated carbocycles. The smallest absolute Gasteiger partial charge is 0.313 e. The van der Waals surface area contributed by atoms with Crippen LogP contribution >= 0.6 is 0 Å². The SMILES string of the molecule is CN1CCN([C@@H](CNC(=O)C(=O)Nc2ccc3c(c2)OCO3)c2ccc(N(C)C)cc2)CC1. The van der Waals surface area contributed by atoms with Gasteiger partial charge in [0.1, 0.15) is 0 Å². The molecule has 2 aliphatic heterocycles. The molecule has 2 aliphatic rings. The van der Waals surface area contributed by atoms with Gasteiger partial charge >= 0.3 is 11.8 Å². The number of piperazine rings is 1. The summed E-state index contributed by atoms with van der Waals surface area (Å²) in [4.78, 5) is 31.8. The van der Waals surface area contributed by atoms with E-state index in [9.17, 15) is 9.59 Å². The topological polar surface area (TPSA) is 86.4 Å². The van der Waals surface area contributed by atoms with Crippen LogP contribution in [0.2, 0.25) is 0 Å². The van der Waals surface area contributed by atoms with E-state index in [0.717, 1.165) is 37.4 Å². The molecule has 2 amide bonds. The van der Waals surface area contributed by atoms with Gasteiger partial charge in [0.25, 0.3) is 0 Å². The monoisotopic (exact) mass is 453 g/mol. The number of hydrogen-bond donors (Lipinski definition) is 2. The number of carbonyl (C=O) groups is 2. The molecule has 0 radical (unpaired) electrons. The van der Waals surface area contributed by atoms with Gasteiger partial charge in [0, 0.05) is 64.3 Å². The third-order valence-corrected chi connectivity index (χ3v) is 6.07. The van der Waals surface area contributed by atoms with E-state index in [1.165, 1.54) is 0 Å². The first kappa shape index (κ1) is 22.9. The van der Waals surface area contributed by atoms with Crippen molar-refractivity contribution in [3.63, 3.8) is 0 Å². The molecular weight excluding hydrogens is 422 g/mol. The lowest BCUT2D eigenvalue weighted by atomic mass is 10.0. The summed E-state index contributed by atoms with van der Waals surface area (Å²) in [6.45, 7) is 4.22. The van der Waals surface area contributed by atoms with Crippen LogP contribution in [-0.4, -0.2) is 82.3 Å². The van der Waals surface area contributed by atoms with Gasteiger partial charge in [-0.3, -0.25) is 14.5 Å². The fourth-order valence-electron chi connectivity index (χ4n) is 4.02. The van der Waals surface area contributed by atoms with Crippen molar-refractivity contribution in [2.24, 2.45) is 0 Å². The highest BCUT2D eigenvalue weighted by Gasteiger charge is 2.26. The summed E-state index contributed by atoms with van der Waals surface area (Å²) < 4.78 is 10.6. The Morgan fingerprint density at radius 3 is 2.36 bits per heavy atom. The van der Waals surface area contributed by atoms with Crippen LogP contribution in [0.4, 0.5) is 11.4 Å². The molecule has 9 nitrogen and oxygen atoms in total. The van der Waals surface area contributed by atoms with Gasteiger partial charge in [-0.05, 0) is 36.9 Å². The molecule has 0 unspecified atom stereocenters. The Hall–Kier alpha value is -3.30. The van der Waals surface area contributed by atoms with Crippen molar-refractivity contribution in [2.75, 3.05) is 70.9 Å². The van der Waals surface area contributed by atoms with Crippen LogP contribution < -0.4 is 25.0 Å². The summed E-state index contributed by atoms with van der Waals surface area (Å²) >= 11 is 0. The number of nitrogens with one attached hydrogen (secondary N) is 2. The van der Waals surface area contributed by atoms with Gasteiger partial charge in [-0.15, -0.1) is 0 Å². The number of fused-ring (bicyclic) bond motifs is 1. The molecular formula is C24H31N5O4. The molecule has 9 heteroatoms. The highest BCUT2D eigenvalue weighted by Crippen LogP contribution is 2.34. The van der Waals surface area contributed by atoms with Crippen LogP contribution in [0.1, 0.15) is 11.6 Å². The van der Waals surface area contributed by atoms with E-state index in [-0.39, 0.29) is 12.8 Å². The number of anilines is 2. The van der Waals surface area contributed by atoms with Crippen LogP contribution in [0.25, 0.3) is 0 Å². The number of carbonyl (C=O) groups excluding carboxylic acids is 2. The molecule has 0 bridgehead atoms. The predicted octanol–water partition coefficient (Wildman–Crippen LogP) is 1.52. The summed E-state index contributed by atoms with van der Waals surface area (Å²) in [5.41, 5.74) is 2.71. The molecule has 2 aromatic carbocycles. The fourth-order valence-corrected chi connectivity index (χ4v) is 4.02. The molecule has 1 atom stereocenters. The lowest BCUT2D eigenvalue weighted by Crippen LogP contribution is -2.49. The maximum absolute atomic E-state index is 12.6. The first-order valence-corrected chi connectivity index (χ1v) is 11.1. The average molecular weight is 454 g/mol. The van der Waals surface area contributed by atoms with E-state index in [2.05, 4.69) is 56.6 Å².